The van der Waals surface area contributed by atoms with Crippen molar-refractivity contribution in [2.45, 2.75) is 50.1 Å². The molecule has 1 unspecified atom stereocenters. The van der Waals surface area contributed by atoms with Crippen LogP contribution in [0.15, 0.2) is 83.4 Å². The highest BCUT2D eigenvalue weighted by atomic mass is 19.4. The summed E-state index contributed by atoms with van der Waals surface area (Å²) in [6.07, 6.45) is 0.243. The molecule has 0 saturated carbocycles. The Hall–Kier alpha value is -4.14. The summed E-state index contributed by atoms with van der Waals surface area (Å²) in [5, 5.41) is 0. The zero-order valence-corrected chi connectivity index (χ0v) is 23.3. The summed E-state index contributed by atoms with van der Waals surface area (Å²) >= 11 is 0. The number of halogens is 3. The van der Waals surface area contributed by atoms with Crippen molar-refractivity contribution in [2.75, 3.05) is 36.0 Å². The van der Waals surface area contributed by atoms with Gasteiger partial charge in [0.2, 0.25) is 11.5 Å². The van der Waals surface area contributed by atoms with Gasteiger partial charge in [-0.25, -0.2) is 4.98 Å². The minimum absolute atomic E-state index is 0.147. The van der Waals surface area contributed by atoms with E-state index in [4.69, 9.17) is 4.42 Å². The molecule has 2 aliphatic heterocycles. The zero-order valence-electron chi connectivity index (χ0n) is 23.3. The average molecular weight is 575 g/mol. The topological polar surface area (TPSA) is 62.5 Å². The van der Waals surface area contributed by atoms with Gasteiger partial charge in [-0.05, 0) is 54.4 Å². The molecule has 9 heteroatoms. The molecule has 2 saturated heterocycles. The Balaban J connectivity index is 1.12. The molecule has 0 spiro atoms. The standard InChI is InChI=1S/C33H33F3N4O2/c34-33(35,36)31-30(42-32(38-31)40-17-7-12-27(22-40)25-10-5-2-6-11-25)28(41)20-23-13-14-29(37-21-23)39-18-15-26(16-19-39)24-8-3-1-4-9-24/h1-6,8-11,13-14,21,26-27H,7,12,15-20,22H2. The number of hydrogen-bond donors (Lipinski definition) is 0. The number of ketones is 1. The highest BCUT2D eigenvalue weighted by molar-refractivity contribution is 5.96. The number of carbonyl (C=O) groups is 1. The van der Waals surface area contributed by atoms with Crippen molar-refractivity contribution in [2.24, 2.45) is 0 Å². The molecular weight excluding hydrogens is 541 g/mol. The lowest BCUT2D eigenvalue weighted by molar-refractivity contribution is -0.141. The fourth-order valence-electron chi connectivity index (χ4n) is 6.11. The van der Waals surface area contributed by atoms with Crippen LogP contribution < -0.4 is 9.80 Å². The summed E-state index contributed by atoms with van der Waals surface area (Å²) in [4.78, 5) is 25.4. The quantitative estimate of drug-likeness (QED) is 0.216. The van der Waals surface area contributed by atoms with Crippen LogP contribution in [-0.4, -0.2) is 41.9 Å². The first kappa shape index (κ1) is 28.0. The molecule has 42 heavy (non-hydrogen) atoms. The maximum Gasteiger partial charge on any atom is 0.437 e. The van der Waals surface area contributed by atoms with Crippen LogP contribution in [0.4, 0.5) is 25.0 Å². The van der Waals surface area contributed by atoms with Crippen LogP contribution in [0.2, 0.25) is 0 Å². The van der Waals surface area contributed by atoms with Crippen LogP contribution >= 0.6 is 0 Å². The largest absolute Gasteiger partial charge is 0.437 e. The third kappa shape index (κ3) is 6.20. The van der Waals surface area contributed by atoms with Crippen molar-refractivity contribution in [3.05, 3.63) is 107 Å². The molecular formula is C33H33F3N4O2. The Kier molecular flexibility index (Phi) is 8.00. The molecule has 0 bridgehead atoms. The van der Waals surface area contributed by atoms with Crippen molar-refractivity contribution in [3.63, 3.8) is 0 Å². The van der Waals surface area contributed by atoms with Gasteiger partial charge in [-0.15, -0.1) is 0 Å². The first-order valence-corrected chi connectivity index (χ1v) is 14.5. The van der Waals surface area contributed by atoms with Crippen LogP contribution in [-0.2, 0) is 12.6 Å². The number of alkyl halides is 3. The van der Waals surface area contributed by atoms with Crippen molar-refractivity contribution in [1.29, 1.82) is 0 Å². The number of Topliss-reactive ketones (excluding diaryl/α,β-unsaturated/α-hetero) is 1. The van der Waals surface area contributed by atoms with Crippen LogP contribution in [0.3, 0.4) is 0 Å². The molecule has 2 aromatic carbocycles. The van der Waals surface area contributed by atoms with Crippen molar-refractivity contribution in [1.82, 2.24) is 9.97 Å². The molecule has 0 radical (unpaired) electrons. The summed E-state index contributed by atoms with van der Waals surface area (Å²) in [6, 6.07) is 23.8. The van der Waals surface area contributed by atoms with Crippen LogP contribution in [0.5, 0.6) is 0 Å². The summed E-state index contributed by atoms with van der Waals surface area (Å²) in [5.41, 5.74) is 1.73. The maximum absolute atomic E-state index is 14.0. The van der Waals surface area contributed by atoms with E-state index in [1.807, 2.05) is 42.5 Å². The number of hydrogen-bond acceptors (Lipinski definition) is 6. The van der Waals surface area contributed by atoms with Crippen LogP contribution in [0.1, 0.15) is 70.5 Å². The Morgan fingerprint density at radius 1 is 0.833 bits per heavy atom. The minimum Gasteiger partial charge on any atom is -0.420 e. The molecule has 2 fully saturated rings. The summed E-state index contributed by atoms with van der Waals surface area (Å²) < 4.78 is 47.4. The number of oxazole rings is 1. The number of carbonyl (C=O) groups excluding carboxylic acids is 1. The fraction of sp³-hybridized carbons (Fsp3) is 0.364. The molecule has 2 aliphatic rings. The number of aromatic nitrogens is 2. The van der Waals surface area contributed by atoms with Gasteiger partial charge in [0, 0.05) is 44.7 Å². The summed E-state index contributed by atoms with van der Waals surface area (Å²) in [5.74, 6) is -0.0480. The van der Waals surface area contributed by atoms with E-state index in [-0.39, 0.29) is 18.4 Å². The molecule has 1 atom stereocenters. The summed E-state index contributed by atoms with van der Waals surface area (Å²) in [6.45, 7) is 2.72. The van der Waals surface area contributed by atoms with Crippen molar-refractivity contribution in [3.8, 4) is 0 Å². The van der Waals surface area contributed by atoms with Gasteiger partial charge in [0.1, 0.15) is 5.82 Å². The highest BCUT2D eigenvalue weighted by Crippen LogP contribution is 2.37. The number of pyridine rings is 1. The second-order valence-corrected chi connectivity index (χ2v) is 11.2. The molecule has 0 aliphatic carbocycles. The van der Waals surface area contributed by atoms with Gasteiger partial charge in [0.05, 0.1) is 0 Å². The van der Waals surface area contributed by atoms with Crippen LogP contribution in [0, 0.1) is 0 Å². The van der Waals surface area contributed by atoms with Crippen molar-refractivity contribution < 1.29 is 22.4 Å². The van der Waals surface area contributed by atoms with E-state index < -0.39 is 23.4 Å². The molecule has 4 heterocycles. The van der Waals surface area contributed by atoms with E-state index in [1.165, 1.54) is 5.56 Å². The van der Waals surface area contributed by atoms with E-state index in [2.05, 4.69) is 39.1 Å². The Morgan fingerprint density at radius 3 is 2.12 bits per heavy atom. The second kappa shape index (κ2) is 12.0. The number of anilines is 2. The van der Waals surface area contributed by atoms with E-state index >= 15 is 0 Å². The molecule has 4 aromatic rings. The third-order valence-electron chi connectivity index (χ3n) is 8.36. The smallest absolute Gasteiger partial charge is 0.420 e. The van der Waals surface area contributed by atoms with Gasteiger partial charge in [0.25, 0.3) is 6.01 Å². The predicted octanol–water partition coefficient (Wildman–Crippen LogP) is 7.28. The normalized spacial score (nSPS) is 18.3. The first-order chi connectivity index (χ1) is 20.3. The van der Waals surface area contributed by atoms with Gasteiger partial charge in [-0.3, -0.25) is 4.79 Å². The Bertz CT molecular complexity index is 1480. The van der Waals surface area contributed by atoms with Crippen molar-refractivity contribution >= 4 is 17.6 Å². The SMILES string of the molecule is O=C(Cc1ccc(N2CCC(c3ccccc3)CC2)nc1)c1oc(N2CCCC(c3ccccc3)C2)nc1C(F)(F)F. The molecule has 0 N–H and O–H groups in total. The van der Waals surface area contributed by atoms with E-state index in [1.54, 1.807) is 17.2 Å². The lowest BCUT2D eigenvalue weighted by Gasteiger charge is -2.33. The second-order valence-electron chi connectivity index (χ2n) is 11.2. The van der Waals surface area contributed by atoms with Crippen LogP contribution in [0.25, 0.3) is 0 Å². The summed E-state index contributed by atoms with van der Waals surface area (Å²) in [7, 11) is 0. The van der Waals surface area contributed by atoms with E-state index in [0.29, 0.717) is 24.6 Å². The lowest BCUT2D eigenvalue weighted by atomic mass is 9.89. The first-order valence-electron chi connectivity index (χ1n) is 14.5. The third-order valence-corrected chi connectivity index (χ3v) is 8.36. The highest BCUT2D eigenvalue weighted by Gasteiger charge is 2.42. The lowest BCUT2D eigenvalue weighted by Crippen LogP contribution is -2.34. The molecule has 6 nitrogen and oxygen atoms in total. The van der Waals surface area contributed by atoms with Gasteiger partial charge < -0.3 is 14.2 Å². The average Bonchev–Trinajstić information content (AvgIpc) is 3.50. The Morgan fingerprint density at radius 2 is 1.50 bits per heavy atom. The number of benzene rings is 2. The predicted molar refractivity (Wildman–Crippen MR) is 155 cm³/mol. The number of rotatable bonds is 7. The molecule has 2 aromatic heterocycles. The van der Waals surface area contributed by atoms with Gasteiger partial charge in [-0.2, -0.15) is 18.2 Å². The zero-order chi connectivity index (χ0) is 29.1. The van der Waals surface area contributed by atoms with Gasteiger partial charge in [-0.1, -0.05) is 66.7 Å². The number of piperidine rings is 2. The maximum atomic E-state index is 14.0. The molecule has 218 valence electrons. The van der Waals surface area contributed by atoms with E-state index in [9.17, 15) is 18.0 Å². The molecule has 6 rings (SSSR count). The van der Waals surface area contributed by atoms with Gasteiger partial charge in [0.15, 0.2) is 5.69 Å². The van der Waals surface area contributed by atoms with Gasteiger partial charge >= 0.3 is 6.18 Å². The Labute approximate surface area is 243 Å². The monoisotopic (exact) mass is 574 g/mol. The van der Waals surface area contributed by atoms with E-state index in [0.717, 1.165) is 50.2 Å². The molecule has 0 amide bonds. The minimum atomic E-state index is -4.81. The fourth-order valence-corrected chi connectivity index (χ4v) is 6.11. The number of nitrogens with zero attached hydrogens (tertiary/aromatic N) is 4.